The number of carbonyl (C=O) groups excluding carboxylic acids is 2. The number of carbonyl (C=O) groups is 2. The molecule has 3 atom stereocenters. The molecule has 0 amide bonds. The van der Waals surface area contributed by atoms with Crippen molar-refractivity contribution in [2.24, 2.45) is 0 Å². The molecule has 1 fully saturated rings. The molecule has 1 saturated heterocycles. The van der Waals surface area contributed by atoms with Crippen LogP contribution >= 0.6 is 0 Å². The normalized spacial score (nSPS) is 17.5. The minimum Gasteiger partial charge on any atom is -0.487 e. The summed E-state index contributed by atoms with van der Waals surface area (Å²) in [5.74, 6) is -4.43. The van der Waals surface area contributed by atoms with E-state index in [4.69, 9.17) is 14.2 Å². The van der Waals surface area contributed by atoms with Crippen molar-refractivity contribution in [1.82, 2.24) is 10.3 Å². The molecule has 2 heterocycles. The lowest BCUT2D eigenvalue weighted by Gasteiger charge is -2.30. The molecule has 3 aromatic rings. The standard InChI is InChI=1S/C31H32F4N2O5/c1-2-3-30(39)41-17-25-16-40-27(14-37-25)18-42-31-21(13-36-15-29(31)35)10-26(38)12-28(19-4-6-22(32)7-5-19)20-8-23(33)11-24(34)9-20/h4-9,11,13,15,25,27-28,37H,2-3,10,12,14,16-18H2,1H3/t25-,27-,28-/m0/s1. The summed E-state index contributed by atoms with van der Waals surface area (Å²) in [6.07, 6.45) is 2.48. The van der Waals surface area contributed by atoms with E-state index in [-0.39, 0.29) is 67.3 Å². The van der Waals surface area contributed by atoms with Crippen LogP contribution in [-0.2, 0) is 25.5 Å². The molecule has 1 aromatic heterocycles. The molecule has 2 aromatic carbocycles. The van der Waals surface area contributed by atoms with E-state index in [1.54, 1.807) is 0 Å². The van der Waals surface area contributed by atoms with Gasteiger partial charge >= 0.3 is 5.97 Å². The predicted molar refractivity (Wildman–Crippen MR) is 145 cm³/mol. The average molecular weight is 589 g/mol. The summed E-state index contributed by atoms with van der Waals surface area (Å²) in [4.78, 5) is 28.6. The summed E-state index contributed by atoms with van der Waals surface area (Å²) >= 11 is 0. The van der Waals surface area contributed by atoms with E-state index >= 15 is 0 Å². The zero-order valence-electron chi connectivity index (χ0n) is 23.1. The van der Waals surface area contributed by atoms with Crippen molar-refractivity contribution in [2.75, 3.05) is 26.4 Å². The maximum absolute atomic E-state index is 14.8. The number of nitrogens with one attached hydrogen (secondary N) is 1. The third-order valence-electron chi connectivity index (χ3n) is 6.79. The van der Waals surface area contributed by atoms with Gasteiger partial charge in [0.15, 0.2) is 11.6 Å². The fraction of sp³-hybridized carbons (Fsp3) is 0.387. The third kappa shape index (κ3) is 8.83. The van der Waals surface area contributed by atoms with Gasteiger partial charge in [-0.2, -0.15) is 0 Å². The van der Waals surface area contributed by atoms with Crippen molar-refractivity contribution in [1.29, 1.82) is 0 Å². The number of hydrogen-bond acceptors (Lipinski definition) is 7. The van der Waals surface area contributed by atoms with Gasteiger partial charge in [-0.1, -0.05) is 19.1 Å². The summed E-state index contributed by atoms with van der Waals surface area (Å²) < 4.78 is 73.1. The van der Waals surface area contributed by atoms with Crippen LogP contribution in [0.15, 0.2) is 54.9 Å². The number of halogens is 4. The van der Waals surface area contributed by atoms with E-state index in [0.717, 1.165) is 24.4 Å². The topological polar surface area (TPSA) is 86.8 Å². The first-order chi connectivity index (χ1) is 20.2. The highest BCUT2D eigenvalue weighted by Crippen LogP contribution is 2.31. The smallest absolute Gasteiger partial charge is 0.305 e. The number of ether oxygens (including phenoxy) is 3. The number of hydrogen-bond donors (Lipinski definition) is 1. The van der Waals surface area contributed by atoms with Crippen molar-refractivity contribution < 1.29 is 41.4 Å². The summed E-state index contributed by atoms with van der Waals surface area (Å²) in [5.41, 5.74) is 0.901. The van der Waals surface area contributed by atoms with Gasteiger partial charge in [-0.05, 0) is 41.8 Å². The van der Waals surface area contributed by atoms with Crippen LogP contribution in [0.5, 0.6) is 5.75 Å². The molecule has 224 valence electrons. The number of rotatable bonds is 13. The second-order valence-electron chi connectivity index (χ2n) is 10.1. The van der Waals surface area contributed by atoms with Gasteiger partial charge in [0.2, 0.25) is 0 Å². The van der Waals surface area contributed by atoms with Gasteiger partial charge in [0.1, 0.15) is 42.6 Å². The summed E-state index contributed by atoms with van der Waals surface area (Å²) in [5, 5.41) is 3.21. The van der Waals surface area contributed by atoms with E-state index < -0.39 is 35.3 Å². The molecule has 11 heteroatoms. The number of nitrogens with zero attached hydrogens (tertiary/aromatic N) is 1. The monoisotopic (exact) mass is 588 g/mol. The van der Waals surface area contributed by atoms with Crippen LogP contribution in [0.4, 0.5) is 17.6 Å². The van der Waals surface area contributed by atoms with Crippen LogP contribution in [0.1, 0.15) is 48.8 Å². The average Bonchev–Trinajstić information content (AvgIpc) is 2.95. The first kappa shape index (κ1) is 31.1. The number of aromatic nitrogens is 1. The summed E-state index contributed by atoms with van der Waals surface area (Å²) in [6.45, 7) is 2.70. The lowest BCUT2D eigenvalue weighted by molar-refractivity contribution is -0.145. The van der Waals surface area contributed by atoms with E-state index in [0.29, 0.717) is 24.9 Å². The van der Waals surface area contributed by atoms with Crippen LogP contribution in [0.25, 0.3) is 0 Å². The fourth-order valence-electron chi connectivity index (χ4n) is 4.69. The second-order valence-corrected chi connectivity index (χ2v) is 10.1. The van der Waals surface area contributed by atoms with E-state index in [1.807, 2.05) is 6.92 Å². The zero-order chi connectivity index (χ0) is 30.1. The Morgan fingerprint density at radius 3 is 2.40 bits per heavy atom. The molecule has 0 aliphatic carbocycles. The first-order valence-corrected chi connectivity index (χ1v) is 13.7. The highest BCUT2D eigenvalue weighted by atomic mass is 19.1. The van der Waals surface area contributed by atoms with Crippen molar-refractivity contribution >= 4 is 11.8 Å². The number of pyridine rings is 1. The highest BCUT2D eigenvalue weighted by molar-refractivity contribution is 5.82. The van der Waals surface area contributed by atoms with Crippen LogP contribution in [-0.4, -0.2) is 55.2 Å². The van der Waals surface area contributed by atoms with Crippen LogP contribution in [0.2, 0.25) is 0 Å². The Kier molecular flexibility index (Phi) is 11.0. The molecule has 1 aliphatic rings. The number of morpholine rings is 1. The quantitative estimate of drug-likeness (QED) is 0.221. The van der Waals surface area contributed by atoms with Gasteiger partial charge in [0.05, 0.1) is 18.8 Å². The van der Waals surface area contributed by atoms with E-state index in [9.17, 15) is 27.2 Å². The minimum atomic E-state index is -0.808. The Hall–Kier alpha value is -3.83. The molecule has 1 N–H and O–H groups in total. The van der Waals surface area contributed by atoms with Crippen LogP contribution < -0.4 is 10.1 Å². The number of ketones is 1. The van der Waals surface area contributed by atoms with Crippen molar-refractivity contribution in [3.8, 4) is 5.75 Å². The Balaban J connectivity index is 1.39. The largest absolute Gasteiger partial charge is 0.487 e. The summed E-state index contributed by atoms with van der Waals surface area (Å²) in [6, 6.07) is 8.11. The predicted octanol–water partition coefficient (Wildman–Crippen LogP) is 5.05. The zero-order valence-corrected chi connectivity index (χ0v) is 23.1. The summed E-state index contributed by atoms with van der Waals surface area (Å²) in [7, 11) is 0. The maximum atomic E-state index is 14.8. The Labute approximate surface area is 241 Å². The van der Waals surface area contributed by atoms with E-state index in [2.05, 4.69) is 10.3 Å². The Morgan fingerprint density at radius 2 is 1.74 bits per heavy atom. The molecule has 1 aliphatic heterocycles. The highest BCUT2D eigenvalue weighted by Gasteiger charge is 2.25. The molecule has 0 saturated carbocycles. The molecule has 42 heavy (non-hydrogen) atoms. The maximum Gasteiger partial charge on any atom is 0.305 e. The fourth-order valence-corrected chi connectivity index (χ4v) is 4.69. The van der Waals surface area contributed by atoms with Crippen LogP contribution in [0.3, 0.4) is 0 Å². The van der Waals surface area contributed by atoms with Crippen LogP contribution in [0, 0.1) is 23.3 Å². The van der Waals surface area contributed by atoms with Gasteiger partial charge in [0, 0.05) is 49.6 Å². The molecule has 7 nitrogen and oxygen atoms in total. The molecular formula is C31H32F4N2O5. The van der Waals surface area contributed by atoms with Gasteiger partial charge in [-0.25, -0.2) is 17.6 Å². The van der Waals surface area contributed by atoms with Gasteiger partial charge in [-0.3, -0.25) is 14.6 Å². The van der Waals surface area contributed by atoms with Gasteiger partial charge < -0.3 is 19.5 Å². The number of Topliss-reactive ketones (excluding diaryl/α,β-unsaturated/α-hetero) is 1. The third-order valence-corrected chi connectivity index (χ3v) is 6.79. The van der Waals surface area contributed by atoms with Gasteiger partial charge in [-0.15, -0.1) is 0 Å². The lowest BCUT2D eigenvalue weighted by Crippen LogP contribution is -2.50. The van der Waals surface area contributed by atoms with Crippen molar-refractivity contribution in [3.63, 3.8) is 0 Å². The minimum absolute atomic E-state index is 0.0156. The molecular weight excluding hydrogens is 556 g/mol. The SMILES string of the molecule is CCCC(=O)OC[C@@H]1CO[C@H](COc2c(F)cncc2CC(=O)C[C@@H](c2ccc(F)cc2)c2cc(F)cc(F)c2)CN1. The Morgan fingerprint density at radius 1 is 1.00 bits per heavy atom. The van der Waals surface area contributed by atoms with Crippen molar-refractivity contribution in [3.05, 3.63) is 94.8 Å². The number of esters is 1. The first-order valence-electron chi connectivity index (χ1n) is 13.7. The van der Waals surface area contributed by atoms with Crippen molar-refractivity contribution in [2.45, 2.75) is 50.7 Å². The molecule has 4 rings (SSSR count). The molecule has 0 radical (unpaired) electrons. The molecule has 0 spiro atoms. The Bertz CT molecular complexity index is 1340. The lowest BCUT2D eigenvalue weighted by atomic mass is 9.86. The van der Waals surface area contributed by atoms with Gasteiger partial charge in [0.25, 0.3) is 0 Å². The molecule has 0 unspecified atom stereocenters. The molecule has 0 bridgehead atoms. The second kappa shape index (κ2) is 14.9. The number of benzene rings is 2. The van der Waals surface area contributed by atoms with E-state index in [1.165, 1.54) is 30.5 Å².